The zero-order valence-electron chi connectivity index (χ0n) is 16.7. The van der Waals surface area contributed by atoms with Gasteiger partial charge in [-0.05, 0) is 44.4 Å². The van der Waals surface area contributed by atoms with Crippen molar-refractivity contribution in [2.75, 3.05) is 6.61 Å². The molecule has 2 amide bonds. The lowest BCUT2D eigenvalue weighted by atomic mass is 9.76. The van der Waals surface area contributed by atoms with E-state index in [2.05, 4.69) is 23.2 Å². The third-order valence-electron chi connectivity index (χ3n) is 5.70. The minimum atomic E-state index is -0.574. The number of hydrogen-bond donors (Lipinski definition) is 2. The van der Waals surface area contributed by atoms with E-state index in [4.69, 9.17) is 0 Å². The molecule has 148 valence electrons. The monoisotopic (exact) mass is 379 g/mol. The largest absolute Gasteiger partial charge is 0.394 e. The van der Waals surface area contributed by atoms with Gasteiger partial charge in [-0.3, -0.25) is 0 Å². The van der Waals surface area contributed by atoms with Crippen molar-refractivity contribution in [3.05, 3.63) is 35.4 Å². The number of nitrogens with zero attached hydrogens (tertiary/aromatic N) is 2. The van der Waals surface area contributed by atoms with Gasteiger partial charge >= 0.3 is 6.03 Å². The van der Waals surface area contributed by atoms with E-state index in [-0.39, 0.29) is 30.6 Å². The smallest absolute Gasteiger partial charge is 0.319 e. The maximum Gasteiger partial charge on any atom is 0.319 e. The first-order valence-electron chi connectivity index (χ1n) is 10.3. The number of aliphatic hydroxyl groups excluding tert-OH is 1. The normalized spacial score (nSPS) is 24.7. The second-order valence-electron chi connectivity index (χ2n) is 8.09. The molecule has 1 saturated carbocycles. The number of benzene rings is 1. The first-order chi connectivity index (χ1) is 13.5. The number of likely N-dealkylation sites (tertiary alicyclic amines) is 1. The highest BCUT2D eigenvalue weighted by molar-refractivity contribution is 5.77. The molecule has 5 nitrogen and oxygen atoms in total. The van der Waals surface area contributed by atoms with Crippen LogP contribution in [0.3, 0.4) is 0 Å². The molecule has 5 heteroatoms. The SMILES string of the molecule is CC(C)NC(=O)N1[C@H](C#N)[C@@H](c2ccc(C#CC3CCCCC3)cc2)[C@@H]1CO. The molecule has 2 fully saturated rings. The predicted octanol–water partition coefficient (Wildman–Crippen LogP) is 3.39. The van der Waals surface area contributed by atoms with Crippen molar-refractivity contribution in [2.24, 2.45) is 5.92 Å². The second-order valence-corrected chi connectivity index (χ2v) is 8.09. The molecule has 1 aromatic carbocycles. The van der Waals surface area contributed by atoms with Gasteiger partial charge in [0, 0.05) is 23.4 Å². The van der Waals surface area contributed by atoms with Crippen LogP contribution in [0.25, 0.3) is 0 Å². The summed E-state index contributed by atoms with van der Waals surface area (Å²) in [4.78, 5) is 13.8. The average molecular weight is 380 g/mol. The van der Waals surface area contributed by atoms with Crippen LogP contribution in [0, 0.1) is 29.1 Å². The Hall–Kier alpha value is -2.50. The molecule has 1 heterocycles. The number of amides is 2. The number of aliphatic hydroxyl groups is 1. The summed E-state index contributed by atoms with van der Waals surface area (Å²) >= 11 is 0. The summed E-state index contributed by atoms with van der Waals surface area (Å²) in [6.45, 7) is 3.58. The Labute approximate surface area is 167 Å². The zero-order valence-corrected chi connectivity index (χ0v) is 16.7. The van der Waals surface area contributed by atoms with Crippen LogP contribution in [0.4, 0.5) is 4.79 Å². The molecule has 0 spiro atoms. The van der Waals surface area contributed by atoms with Crippen LogP contribution in [0.5, 0.6) is 0 Å². The van der Waals surface area contributed by atoms with Crippen molar-refractivity contribution < 1.29 is 9.90 Å². The molecule has 3 atom stereocenters. The first-order valence-corrected chi connectivity index (χ1v) is 10.3. The zero-order chi connectivity index (χ0) is 20.1. The third kappa shape index (κ3) is 4.32. The number of nitrogens with one attached hydrogen (secondary N) is 1. The molecule has 0 bridgehead atoms. The maximum absolute atomic E-state index is 12.4. The van der Waals surface area contributed by atoms with Crippen molar-refractivity contribution in [3.63, 3.8) is 0 Å². The molecule has 28 heavy (non-hydrogen) atoms. The number of carbonyl (C=O) groups is 1. The van der Waals surface area contributed by atoms with Gasteiger partial charge in [-0.15, -0.1) is 0 Å². The summed E-state index contributed by atoms with van der Waals surface area (Å²) in [6.07, 6.45) is 6.28. The summed E-state index contributed by atoms with van der Waals surface area (Å²) in [5.41, 5.74) is 1.93. The predicted molar refractivity (Wildman–Crippen MR) is 108 cm³/mol. The molecule has 0 radical (unpaired) electrons. The highest BCUT2D eigenvalue weighted by Crippen LogP contribution is 2.40. The van der Waals surface area contributed by atoms with Gasteiger partial charge in [-0.1, -0.05) is 43.2 Å². The molecule has 1 aliphatic heterocycles. The van der Waals surface area contributed by atoms with Gasteiger partial charge in [0.1, 0.15) is 6.04 Å². The number of urea groups is 1. The Balaban J connectivity index is 1.71. The number of carbonyl (C=O) groups excluding carboxylic acids is 1. The van der Waals surface area contributed by atoms with E-state index in [0.29, 0.717) is 5.92 Å². The molecule has 0 aromatic heterocycles. The van der Waals surface area contributed by atoms with E-state index in [1.807, 2.05) is 38.1 Å². The van der Waals surface area contributed by atoms with Gasteiger partial charge < -0.3 is 15.3 Å². The maximum atomic E-state index is 12.4. The van der Waals surface area contributed by atoms with E-state index in [9.17, 15) is 15.2 Å². The molecule has 3 rings (SSSR count). The molecule has 1 saturated heterocycles. The van der Waals surface area contributed by atoms with E-state index < -0.39 is 6.04 Å². The minimum absolute atomic E-state index is 0.0211. The Morgan fingerprint density at radius 3 is 2.50 bits per heavy atom. The Kier molecular flexibility index (Phi) is 6.60. The fourth-order valence-electron chi connectivity index (χ4n) is 4.23. The van der Waals surface area contributed by atoms with Crippen LogP contribution in [0.2, 0.25) is 0 Å². The quantitative estimate of drug-likeness (QED) is 0.791. The van der Waals surface area contributed by atoms with E-state index in [0.717, 1.165) is 11.1 Å². The lowest BCUT2D eigenvalue weighted by molar-refractivity contribution is 0.0162. The third-order valence-corrected chi connectivity index (χ3v) is 5.70. The fraction of sp³-hybridized carbons (Fsp3) is 0.565. The Morgan fingerprint density at radius 2 is 1.93 bits per heavy atom. The standard InChI is InChI=1S/C23H29N3O2/c1-16(2)25-23(28)26-20(14-24)22(21(26)15-27)19-12-10-18(11-13-19)9-8-17-6-4-3-5-7-17/h10-13,16-17,20-22,27H,3-7,15H2,1-2H3,(H,25,28)/t20-,21+,22-/m1/s1. The van der Waals surface area contributed by atoms with Gasteiger partial charge in [0.15, 0.2) is 0 Å². The van der Waals surface area contributed by atoms with Crippen molar-refractivity contribution >= 4 is 6.03 Å². The molecular formula is C23H29N3O2. The summed E-state index contributed by atoms with van der Waals surface area (Å²) < 4.78 is 0. The highest BCUT2D eigenvalue weighted by Gasteiger charge is 2.51. The molecule has 1 aliphatic carbocycles. The fourth-order valence-corrected chi connectivity index (χ4v) is 4.23. The van der Waals surface area contributed by atoms with Crippen molar-refractivity contribution in [3.8, 4) is 17.9 Å². The van der Waals surface area contributed by atoms with Crippen LogP contribution < -0.4 is 5.32 Å². The average Bonchev–Trinajstić information content (AvgIpc) is 2.67. The van der Waals surface area contributed by atoms with Crippen LogP contribution in [-0.4, -0.2) is 40.8 Å². The van der Waals surface area contributed by atoms with Crippen LogP contribution in [0.1, 0.15) is 63.0 Å². The minimum Gasteiger partial charge on any atom is -0.394 e. The van der Waals surface area contributed by atoms with E-state index in [1.165, 1.54) is 37.0 Å². The summed E-state index contributed by atoms with van der Waals surface area (Å²) in [7, 11) is 0. The lowest BCUT2D eigenvalue weighted by Gasteiger charge is -2.51. The Bertz CT molecular complexity index is 779. The number of nitriles is 1. The molecular weight excluding hydrogens is 350 g/mol. The van der Waals surface area contributed by atoms with Crippen molar-refractivity contribution in [2.45, 2.75) is 70.0 Å². The van der Waals surface area contributed by atoms with Gasteiger partial charge in [0.05, 0.1) is 18.7 Å². The topological polar surface area (TPSA) is 76.4 Å². The van der Waals surface area contributed by atoms with Gasteiger partial charge in [-0.25, -0.2) is 4.79 Å². The molecule has 2 N–H and O–H groups in total. The van der Waals surface area contributed by atoms with E-state index in [1.54, 1.807) is 0 Å². The molecule has 1 aromatic rings. The second kappa shape index (κ2) is 9.13. The van der Waals surface area contributed by atoms with Crippen molar-refractivity contribution in [1.82, 2.24) is 10.2 Å². The summed E-state index contributed by atoms with van der Waals surface area (Å²) in [5, 5.41) is 22.2. The molecule has 2 aliphatic rings. The summed E-state index contributed by atoms with van der Waals surface area (Å²) in [6, 6.07) is 8.85. The lowest BCUT2D eigenvalue weighted by Crippen LogP contribution is -2.67. The van der Waals surface area contributed by atoms with Gasteiger partial charge in [0.2, 0.25) is 0 Å². The van der Waals surface area contributed by atoms with Gasteiger partial charge in [-0.2, -0.15) is 5.26 Å². The van der Waals surface area contributed by atoms with Gasteiger partial charge in [0.25, 0.3) is 0 Å². The number of rotatable bonds is 3. The van der Waals surface area contributed by atoms with Crippen molar-refractivity contribution in [1.29, 1.82) is 5.26 Å². The van der Waals surface area contributed by atoms with Crippen LogP contribution >= 0.6 is 0 Å². The number of hydrogen-bond acceptors (Lipinski definition) is 3. The summed E-state index contributed by atoms with van der Waals surface area (Å²) in [5.74, 6) is 6.99. The first kappa shape index (κ1) is 20.2. The molecule has 0 unspecified atom stereocenters. The Morgan fingerprint density at radius 1 is 1.25 bits per heavy atom. The highest BCUT2D eigenvalue weighted by atomic mass is 16.3. The van der Waals surface area contributed by atoms with E-state index >= 15 is 0 Å². The van der Waals surface area contributed by atoms with Crippen LogP contribution in [0.15, 0.2) is 24.3 Å². The van der Waals surface area contributed by atoms with Crippen LogP contribution in [-0.2, 0) is 0 Å².